The lowest BCUT2D eigenvalue weighted by molar-refractivity contribution is -0.134. The van der Waals surface area contributed by atoms with Crippen molar-refractivity contribution in [2.24, 2.45) is 0 Å². The minimum atomic E-state index is -3.80. The summed E-state index contributed by atoms with van der Waals surface area (Å²) in [4.78, 5) is 22.6. The SMILES string of the molecule is CN(Cc1ccccc1)S(=O)(=O)N[C@@H]1CCC(=O)NC1=O. The van der Waals surface area contributed by atoms with Gasteiger partial charge in [0.15, 0.2) is 0 Å². The van der Waals surface area contributed by atoms with Gasteiger partial charge >= 0.3 is 0 Å². The Balaban J connectivity index is 2.01. The maximum atomic E-state index is 12.2. The lowest BCUT2D eigenvalue weighted by Gasteiger charge is -2.25. The Hall–Kier alpha value is -1.77. The van der Waals surface area contributed by atoms with Crippen molar-refractivity contribution in [3.8, 4) is 0 Å². The van der Waals surface area contributed by atoms with Crippen LogP contribution in [-0.2, 0) is 26.3 Å². The molecule has 0 aliphatic carbocycles. The summed E-state index contributed by atoms with van der Waals surface area (Å²) in [5.41, 5.74) is 0.841. The second-order valence-electron chi connectivity index (χ2n) is 4.87. The van der Waals surface area contributed by atoms with Crippen LogP contribution in [0.2, 0.25) is 0 Å². The molecule has 2 N–H and O–H groups in total. The van der Waals surface area contributed by atoms with E-state index < -0.39 is 22.2 Å². The third-order valence-electron chi connectivity index (χ3n) is 3.19. The summed E-state index contributed by atoms with van der Waals surface area (Å²) in [7, 11) is -2.37. The number of hydrogen-bond donors (Lipinski definition) is 2. The first-order valence-corrected chi connectivity index (χ1v) is 7.94. The number of hydrogen-bond acceptors (Lipinski definition) is 4. The summed E-state index contributed by atoms with van der Waals surface area (Å²) in [6.45, 7) is 0.198. The molecule has 1 saturated heterocycles. The highest BCUT2D eigenvalue weighted by atomic mass is 32.2. The van der Waals surface area contributed by atoms with E-state index >= 15 is 0 Å². The number of imide groups is 1. The second kappa shape index (κ2) is 6.33. The van der Waals surface area contributed by atoms with E-state index in [1.807, 2.05) is 30.3 Å². The number of carbonyl (C=O) groups is 2. The largest absolute Gasteiger partial charge is 0.295 e. The average molecular weight is 311 g/mol. The fraction of sp³-hybridized carbons (Fsp3) is 0.385. The summed E-state index contributed by atoms with van der Waals surface area (Å²) in [5.74, 6) is -0.990. The van der Waals surface area contributed by atoms with E-state index in [2.05, 4.69) is 10.0 Å². The van der Waals surface area contributed by atoms with Gasteiger partial charge in [0.2, 0.25) is 11.8 Å². The highest BCUT2D eigenvalue weighted by Gasteiger charge is 2.31. The minimum Gasteiger partial charge on any atom is -0.295 e. The van der Waals surface area contributed by atoms with Gasteiger partial charge < -0.3 is 0 Å². The zero-order valence-electron chi connectivity index (χ0n) is 11.6. The Morgan fingerprint density at radius 2 is 1.95 bits per heavy atom. The van der Waals surface area contributed by atoms with E-state index in [-0.39, 0.29) is 25.3 Å². The summed E-state index contributed by atoms with van der Waals surface area (Å²) in [6.07, 6.45) is 0.296. The summed E-state index contributed by atoms with van der Waals surface area (Å²) >= 11 is 0. The van der Waals surface area contributed by atoms with Gasteiger partial charge in [-0.25, -0.2) is 0 Å². The van der Waals surface area contributed by atoms with Gasteiger partial charge in [0, 0.05) is 20.0 Å². The Labute approximate surface area is 123 Å². The molecule has 0 spiro atoms. The summed E-state index contributed by atoms with van der Waals surface area (Å²) < 4.78 is 27.8. The quantitative estimate of drug-likeness (QED) is 0.734. The van der Waals surface area contributed by atoms with Crippen LogP contribution in [-0.4, -0.2) is 37.6 Å². The third kappa shape index (κ3) is 4.10. The zero-order chi connectivity index (χ0) is 15.5. The van der Waals surface area contributed by atoms with Crippen LogP contribution in [0.4, 0.5) is 0 Å². The predicted molar refractivity (Wildman–Crippen MR) is 76.1 cm³/mol. The van der Waals surface area contributed by atoms with Gasteiger partial charge in [-0.15, -0.1) is 0 Å². The molecule has 8 heteroatoms. The van der Waals surface area contributed by atoms with Gasteiger partial charge in [0.05, 0.1) is 0 Å². The van der Waals surface area contributed by atoms with Crippen LogP contribution in [0.5, 0.6) is 0 Å². The third-order valence-corrected chi connectivity index (χ3v) is 4.72. The molecule has 7 nitrogen and oxygen atoms in total. The maximum absolute atomic E-state index is 12.2. The molecule has 1 aromatic carbocycles. The molecule has 114 valence electrons. The number of carbonyl (C=O) groups excluding carboxylic acids is 2. The Kier molecular flexibility index (Phi) is 4.71. The fourth-order valence-corrected chi connectivity index (χ4v) is 3.08. The van der Waals surface area contributed by atoms with Gasteiger partial charge in [-0.1, -0.05) is 30.3 Å². The Bertz CT molecular complexity index is 630. The van der Waals surface area contributed by atoms with Crippen molar-refractivity contribution in [3.63, 3.8) is 0 Å². The average Bonchev–Trinajstić information content (AvgIpc) is 2.43. The lowest BCUT2D eigenvalue weighted by Crippen LogP contribution is -2.54. The molecule has 0 aromatic heterocycles. The smallest absolute Gasteiger partial charge is 0.280 e. The van der Waals surface area contributed by atoms with Crippen molar-refractivity contribution in [1.29, 1.82) is 0 Å². The van der Waals surface area contributed by atoms with Crippen molar-refractivity contribution in [2.45, 2.75) is 25.4 Å². The maximum Gasteiger partial charge on any atom is 0.280 e. The van der Waals surface area contributed by atoms with Gasteiger partial charge in [-0.3, -0.25) is 14.9 Å². The Morgan fingerprint density at radius 1 is 1.29 bits per heavy atom. The van der Waals surface area contributed by atoms with E-state index in [1.54, 1.807) is 0 Å². The van der Waals surface area contributed by atoms with Gasteiger partial charge in [0.25, 0.3) is 10.2 Å². The summed E-state index contributed by atoms with van der Waals surface area (Å²) in [6, 6.07) is 8.22. The summed E-state index contributed by atoms with van der Waals surface area (Å²) in [5, 5.41) is 2.12. The highest BCUT2D eigenvalue weighted by Crippen LogP contribution is 2.10. The number of benzene rings is 1. The van der Waals surface area contributed by atoms with Crippen LogP contribution in [0.3, 0.4) is 0 Å². The van der Waals surface area contributed by atoms with E-state index in [9.17, 15) is 18.0 Å². The molecule has 2 rings (SSSR count). The van der Waals surface area contributed by atoms with Crippen LogP contribution in [0.15, 0.2) is 30.3 Å². The van der Waals surface area contributed by atoms with Crippen molar-refractivity contribution in [1.82, 2.24) is 14.3 Å². The monoisotopic (exact) mass is 311 g/mol. The normalized spacial score (nSPS) is 19.6. The molecule has 0 bridgehead atoms. The second-order valence-corrected chi connectivity index (χ2v) is 6.68. The van der Waals surface area contributed by atoms with Crippen molar-refractivity contribution in [3.05, 3.63) is 35.9 Å². The highest BCUT2D eigenvalue weighted by molar-refractivity contribution is 7.87. The molecule has 1 aliphatic heterocycles. The molecule has 1 aliphatic rings. The number of nitrogens with zero attached hydrogens (tertiary/aromatic N) is 1. The Morgan fingerprint density at radius 3 is 2.57 bits per heavy atom. The molecule has 0 saturated carbocycles. The van der Waals surface area contributed by atoms with Crippen molar-refractivity contribution < 1.29 is 18.0 Å². The van der Waals surface area contributed by atoms with E-state index in [0.29, 0.717) is 0 Å². The zero-order valence-corrected chi connectivity index (χ0v) is 12.4. The number of nitrogens with one attached hydrogen (secondary N) is 2. The molecule has 0 radical (unpaired) electrons. The van der Waals surface area contributed by atoms with Crippen molar-refractivity contribution >= 4 is 22.0 Å². The van der Waals surface area contributed by atoms with Crippen molar-refractivity contribution in [2.75, 3.05) is 7.05 Å². The molecule has 1 atom stereocenters. The minimum absolute atomic E-state index is 0.126. The lowest BCUT2D eigenvalue weighted by atomic mass is 10.1. The van der Waals surface area contributed by atoms with E-state index in [0.717, 1.165) is 9.87 Å². The van der Waals surface area contributed by atoms with Crippen LogP contribution in [0.1, 0.15) is 18.4 Å². The van der Waals surface area contributed by atoms with Crippen LogP contribution in [0, 0.1) is 0 Å². The standard InChI is InChI=1S/C13H17N3O4S/c1-16(9-10-5-3-2-4-6-10)21(19,20)15-11-7-8-12(17)14-13(11)18/h2-6,11,15H,7-9H2,1H3,(H,14,17,18)/t11-/m1/s1. The van der Waals surface area contributed by atoms with Crippen LogP contribution in [0.25, 0.3) is 0 Å². The predicted octanol–water partition coefficient (Wildman–Crippen LogP) is -0.242. The fourth-order valence-electron chi connectivity index (χ4n) is 2.00. The first-order valence-electron chi connectivity index (χ1n) is 6.50. The van der Waals surface area contributed by atoms with E-state index in [4.69, 9.17) is 0 Å². The van der Waals surface area contributed by atoms with Gasteiger partial charge in [-0.05, 0) is 12.0 Å². The van der Waals surface area contributed by atoms with Gasteiger partial charge in [-0.2, -0.15) is 17.4 Å². The molecule has 2 amide bonds. The molecule has 21 heavy (non-hydrogen) atoms. The van der Waals surface area contributed by atoms with Crippen LogP contribution >= 0.6 is 0 Å². The molecule has 1 fully saturated rings. The first kappa shape index (κ1) is 15.6. The number of rotatable bonds is 5. The van der Waals surface area contributed by atoms with E-state index in [1.165, 1.54) is 7.05 Å². The van der Waals surface area contributed by atoms with Gasteiger partial charge in [0.1, 0.15) is 6.04 Å². The van der Waals surface area contributed by atoms with Crippen LogP contribution < -0.4 is 10.0 Å². The topological polar surface area (TPSA) is 95.6 Å². The molecule has 1 heterocycles. The molecular weight excluding hydrogens is 294 g/mol. The number of amides is 2. The molecule has 0 unspecified atom stereocenters. The first-order chi connectivity index (χ1) is 9.88. The number of piperidine rings is 1. The molecule has 1 aromatic rings. The molecular formula is C13H17N3O4S.